The van der Waals surface area contributed by atoms with Crippen molar-refractivity contribution in [3.05, 3.63) is 46.7 Å². The molecule has 35 heavy (non-hydrogen) atoms. The average molecular weight is 493 g/mol. The topological polar surface area (TPSA) is 102 Å². The zero-order chi connectivity index (χ0) is 25.3. The van der Waals surface area contributed by atoms with Crippen LogP contribution in [-0.4, -0.2) is 78.2 Å². The number of nitrogens with zero attached hydrogens (tertiary/aromatic N) is 3. The molecule has 2 N–H and O–H groups in total. The first-order valence-corrected chi connectivity index (χ1v) is 11.3. The number of alkyl halides is 3. The summed E-state index contributed by atoms with van der Waals surface area (Å²) in [5.74, 6) is -0.934. The highest BCUT2D eigenvalue weighted by molar-refractivity contribution is 6.03. The van der Waals surface area contributed by atoms with Gasteiger partial charge in [0.2, 0.25) is 11.8 Å². The first-order valence-electron chi connectivity index (χ1n) is 11.3. The lowest BCUT2D eigenvalue weighted by molar-refractivity contribution is -0.138. The lowest BCUT2D eigenvalue weighted by Gasteiger charge is -2.32. The van der Waals surface area contributed by atoms with Crippen LogP contribution in [0.5, 0.6) is 0 Å². The minimum atomic E-state index is -4.67. The lowest BCUT2D eigenvalue weighted by Crippen LogP contribution is -2.45. The quantitative estimate of drug-likeness (QED) is 0.564. The van der Waals surface area contributed by atoms with Crippen LogP contribution >= 0.6 is 0 Å². The molecular formula is C23H26F3N5O4. The minimum Gasteiger partial charge on any atom is -0.354 e. The fraction of sp³-hybridized carbons (Fsp3) is 0.478. The Hall–Kier alpha value is -3.57. The number of carbonyl (C=O) groups is 4. The van der Waals surface area contributed by atoms with Crippen molar-refractivity contribution in [2.24, 2.45) is 0 Å². The molecule has 0 spiro atoms. The molecule has 0 bridgehead atoms. The molecule has 0 aliphatic carbocycles. The number of rotatable bonds is 7. The van der Waals surface area contributed by atoms with E-state index in [-0.39, 0.29) is 35.8 Å². The molecule has 1 aromatic rings. The third-order valence-electron chi connectivity index (χ3n) is 6.45. The van der Waals surface area contributed by atoms with Crippen molar-refractivity contribution in [2.75, 3.05) is 39.8 Å². The number of likely N-dealkylation sites (N-methyl/N-ethyl adjacent to an activating group) is 1. The van der Waals surface area contributed by atoms with Gasteiger partial charge in [-0.2, -0.15) is 13.2 Å². The van der Waals surface area contributed by atoms with Gasteiger partial charge in [0.15, 0.2) is 0 Å². The Bertz CT molecular complexity index is 1090. The smallest absolute Gasteiger partial charge is 0.354 e. The second-order valence-corrected chi connectivity index (χ2v) is 8.74. The summed E-state index contributed by atoms with van der Waals surface area (Å²) in [6.45, 7) is 1.20. The van der Waals surface area contributed by atoms with E-state index in [9.17, 15) is 32.3 Å². The minimum absolute atomic E-state index is 0.0177. The standard InChI is InChI=1S/C23H26F3N5O4/c1-29-16-12-31(13-17(32)27-9-5-11-30-10-4-8-18(30)33)21(34)19(16)20(28-22(29)35)14-6-2-3-7-15(14)23(24,25)26/h2-3,6-7,20H,4-5,8-13H2,1H3,(H,27,32)(H,28,35). The Morgan fingerprint density at radius 2 is 1.91 bits per heavy atom. The zero-order valence-corrected chi connectivity index (χ0v) is 19.2. The summed E-state index contributed by atoms with van der Waals surface area (Å²) in [4.78, 5) is 53.9. The van der Waals surface area contributed by atoms with Gasteiger partial charge in [0.25, 0.3) is 5.91 Å². The summed E-state index contributed by atoms with van der Waals surface area (Å²) in [5.41, 5.74) is -0.891. The Balaban J connectivity index is 1.44. The van der Waals surface area contributed by atoms with Crippen molar-refractivity contribution in [1.82, 2.24) is 25.3 Å². The van der Waals surface area contributed by atoms with E-state index in [1.54, 1.807) is 4.90 Å². The van der Waals surface area contributed by atoms with Crippen LogP contribution in [0.3, 0.4) is 0 Å². The highest BCUT2D eigenvalue weighted by Crippen LogP contribution is 2.41. The van der Waals surface area contributed by atoms with E-state index >= 15 is 0 Å². The number of hydrogen-bond acceptors (Lipinski definition) is 4. The number of nitrogens with one attached hydrogen (secondary N) is 2. The summed E-state index contributed by atoms with van der Waals surface area (Å²) in [6, 6.07) is 2.87. The molecule has 3 heterocycles. The Morgan fingerprint density at radius 1 is 1.17 bits per heavy atom. The number of amides is 5. The van der Waals surface area contributed by atoms with Gasteiger partial charge in [-0.15, -0.1) is 0 Å². The van der Waals surface area contributed by atoms with Crippen molar-refractivity contribution in [1.29, 1.82) is 0 Å². The van der Waals surface area contributed by atoms with Gasteiger partial charge >= 0.3 is 12.2 Å². The van der Waals surface area contributed by atoms with Gasteiger partial charge in [0.05, 0.1) is 29.4 Å². The molecule has 188 valence electrons. The van der Waals surface area contributed by atoms with E-state index in [4.69, 9.17) is 0 Å². The van der Waals surface area contributed by atoms with Crippen molar-refractivity contribution in [2.45, 2.75) is 31.5 Å². The molecule has 9 nitrogen and oxygen atoms in total. The third-order valence-corrected chi connectivity index (χ3v) is 6.45. The SMILES string of the molecule is CN1C(=O)NC(c2ccccc2C(F)(F)F)C2=C1CN(CC(=O)NCCCN1CCCC1=O)C2=O. The van der Waals surface area contributed by atoms with E-state index in [1.807, 2.05) is 0 Å². The van der Waals surface area contributed by atoms with Gasteiger partial charge in [0, 0.05) is 33.1 Å². The number of hydrogen-bond donors (Lipinski definition) is 2. The van der Waals surface area contributed by atoms with Crippen molar-refractivity contribution in [3.63, 3.8) is 0 Å². The highest BCUT2D eigenvalue weighted by atomic mass is 19.4. The van der Waals surface area contributed by atoms with Gasteiger partial charge in [-0.1, -0.05) is 18.2 Å². The summed E-state index contributed by atoms with van der Waals surface area (Å²) in [5, 5.41) is 5.20. The number of carbonyl (C=O) groups excluding carboxylic acids is 4. The molecule has 1 fully saturated rings. The molecular weight excluding hydrogens is 467 g/mol. The number of urea groups is 1. The van der Waals surface area contributed by atoms with E-state index in [2.05, 4.69) is 10.6 Å². The van der Waals surface area contributed by atoms with E-state index in [0.717, 1.165) is 12.5 Å². The van der Waals surface area contributed by atoms with Crippen LogP contribution in [0.1, 0.15) is 36.4 Å². The molecule has 0 aromatic heterocycles. The zero-order valence-electron chi connectivity index (χ0n) is 19.2. The van der Waals surface area contributed by atoms with E-state index in [0.29, 0.717) is 32.5 Å². The molecule has 1 unspecified atom stereocenters. The molecule has 1 saturated heterocycles. The first-order chi connectivity index (χ1) is 16.6. The fourth-order valence-electron chi connectivity index (χ4n) is 4.66. The second kappa shape index (κ2) is 9.59. The maximum Gasteiger partial charge on any atom is 0.416 e. The van der Waals surface area contributed by atoms with Crippen LogP contribution in [0.25, 0.3) is 0 Å². The largest absolute Gasteiger partial charge is 0.416 e. The summed E-state index contributed by atoms with van der Waals surface area (Å²) in [6.07, 6.45) is -2.73. The predicted molar refractivity (Wildman–Crippen MR) is 118 cm³/mol. The van der Waals surface area contributed by atoms with Gasteiger partial charge in [0.1, 0.15) is 6.54 Å². The predicted octanol–water partition coefficient (Wildman–Crippen LogP) is 1.63. The summed E-state index contributed by atoms with van der Waals surface area (Å²) in [7, 11) is 1.42. The van der Waals surface area contributed by atoms with Crippen LogP contribution in [0.15, 0.2) is 35.5 Å². The van der Waals surface area contributed by atoms with Crippen molar-refractivity contribution in [3.8, 4) is 0 Å². The van der Waals surface area contributed by atoms with Gasteiger partial charge in [-0.05, 0) is 24.5 Å². The second-order valence-electron chi connectivity index (χ2n) is 8.74. The first kappa shape index (κ1) is 24.6. The molecule has 1 aromatic carbocycles. The number of benzene rings is 1. The molecule has 1 atom stereocenters. The highest BCUT2D eigenvalue weighted by Gasteiger charge is 2.46. The van der Waals surface area contributed by atoms with Crippen LogP contribution in [0.2, 0.25) is 0 Å². The molecule has 3 aliphatic rings. The van der Waals surface area contributed by atoms with E-state index in [1.165, 1.54) is 35.0 Å². The average Bonchev–Trinajstić information content (AvgIpc) is 3.36. The monoisotopic (exact) mass is 493 g/mol. The molecule has 12 heteroatoms. The molecule has 3 aliphatic heterocycles. The fourth-order valence-corrected chi connectivity index (χ4v) is 4.66. The Labute approximate surface area is 199 Å². The van der Waals surface area contributed by atoms with Crippen LogP contribution in [0.4, 0.5) is 18.0 Å². The number of likely N-dealkylation sites (tertiary alicyclic amines) is 1. The maximum absolute atomic E-state index is 13.6. The molecule has 0 radical (unpaired) electrons. The maximum atomic E-state index is 13.6. The van der Waals surface area contributed by atoms with Crippen LogP contribution in [-0.2, 0) is 20.6 Å². The molecule has 5 amide bonds. The molecule has 4 rings (SSSR count). The Morgan fingerprint density at radius 3 is 2.60 bits per heavy atom. The molecule has 0 saturated carbocycles. The summed E-state index contributed by atoms with van der Waals surface area (Å²) < 4.78 is 40.9. The van der Waals surface area contributed by atoms with Gasteiger partial charge in [-0.3, -0.25) is 19.3 Å². The lowest BCUT2D eigenvalue weighted by atomic mass is 9.92. The van der Waals surface area contributed by atoms with Crippen LogP contribution < -0.4 is 10.6 Å². The van der Waals surface area contributed by atoms with Gasteiger partial charge in [-0.25, -0.2) is 4.79 Å². The van der Waals surface area contributed by atoms with Crippen LogP contribution in [0, 0.1) is 0 Å². The normalized spacial score (nSPS) is 20.5. The van der Waals surface area contributed by atoms with Crippen molar-refractivity contribution < 1.29 is 32.3 Å². The Kier molecular flexibility index (Phi) is 6.73. The summed E-state index contributed by atoms with van der Waals surface area (Å²) >= 11 is 0. The number of halogens is 3. The van der Waals surface area contributed by atoms with Gasteiger partial charge < -0.3 is 20.4 Å². The van der Waals surface area contributed by atoms with Crippen molar-refractivity contribution >= 4 is 23.8 Å². The third kappa shape index (κ3) is 4.96. The van der Waals surface area contributed by atoms with E-state index < -0.39 is 35.6 Å².